The molecule has 0 fully saturated rings. The van der Waals surface area contributed by atoms with Crippen molar-refractivity contribution in [3.63, 3.8) is 0 Å². The van der Waals surface area contributed by atoms with Crippen LogP contribution in [0.25, 0.3) is 5.82 Å². The standard InChI is InChI=1S/C22H26F2N6O5/c1-22(2,3)35-21(33)28-10-12(7-17(25)30-6-5-27-11-30)18(26)19(31)29-16-9-15(24)14(23)8-13(16)20(32)34-4/h5-9,11H,10,25-26H2,1-4H3,(H,28,33)(H,29,31)/b17-7+,18-12+. The Morgan fingerprint density at radius 3 is 2.40 bits per heavy atom. The summed E-state index contributed by atoms with van der Waals surface area (Å²) in [5.41, 5.74) is 10.1. The molecule has 35 heavy (non-hydrogen) atoms. The van der Waals surface area contributed by atoms with Gasteiger partial charge in [-0.1, -0.05) is 0 Å². The maximum absolute atomic E-state index is 13.8. The number of nitrogens with two attached hydrogens (primary N) is 2. The van der Waals surface area contributed by atoms with Crippen LogP contribution in [0.3, 0.4) is 0 Å². The van der Waals surface area contributed by atoms with Gasteiger partial charge in [-0.25, -0.2) is 23.4 Å². The fraction of sp³-hybridized carbons (Fsp3) is 0.273. The highest BCUT2D eigenvalue weighted by Gasteiger charge is 2.21. The zero-order valence-corrected chi connectivity index (χ0v) is 19.5. The van der Waals surface area contributed by atoms with Crippen LogP contribution in [0.1, 0.15) is 31.1 Å². The second kappa shape index (κ2) is 11.1. The van der Waals surface area contributed by atoms with Crippen molar-refractivity contribution in [2.24, 2.45) is 11.5 Å². The first-order valence-corrected chi connectivity index (χ1v) is 10.1. The monoisotopic (exact) mass is 492 g/mol. The summed E-state index contributed by atoms with van der Waals surface area (Å²) in [6.45, 7) is 4.72. The Morgan fingerprint density at radius 2 is 1.83 bits per heavy atom. The van der Waals surface area contributed by atoms with E-state index in [2.05, 4.69) is 20.4 Å². The van der Waals surface area contributed by atoms with Crippen LogP contribution >= 0.6 is 0 Å². The number of amides is 2. The molecule has 0 bridgehead atoms. The van der Waals surface area contributed by atoms with E-state index in [1.165, 1.54) is 29.4 Å². The van der Waals surface area contributed by atoms with Gasteiger partial charge in [0.05, 0.1) is 18.4 Å². The van der Waals surface area contributed by atoms with Crippen LogP contribution in [0.4, 0.5) is 19.3 Å². The van der Waals surface area contributed by atoms with E-state index in [-0.39, 0.29) is 23.6 Å². The lowest BCUT2D eigenvalue weighted by Gasteiger charge is -2.20. The van der Waals surface area contributed by atoms with E-state index in [0.29, 0.717) is 12.1 Å². The summed E-state index contributed by atoms with van der Waals surface area (Å²) in [4.78, 5) is 40.8. The lowest BCUT2D eigenvalue weighted by molar-refractivity contribution is -0.113. The summed E-state index contributed by atoms with van der Waals surface area (Å²) >= 11 is 0. The maximum Gasteiger partial charge on any atom is 0.407 e. The topological polar surface area (TPSA) is 164 Å². The summed E-state index contributed by atoms with van der Waals surface area (Å²) in [6, 6.07) is 1.19. The van der Waals surface area contributed by atoms with Gasteiger partial charge in [-0.2, -0.15) is 0 Å². The highest BCUT2D eigenvalue weighted by molar-refractivity contribution is 6.07. The van der Waals surface area contributed by atoms with Crippen LogP contribution in [0.15, 0.2) is 48.2 Å². The first-order chi connectivity index (χ1) is 16.3. The number of methoxy groups -OCH3 is 1. The van der Waals surface area contributed by atoms with Gasteiger partial charge in [-0.15, -0.1) is 0 Å². The Labute approximate surface area is 199 Å². The highest BCUT2D eigenvalue weighted by atomic mass is 19.2. The summed E-state index contributed by atoms with van der Waals surface area (Å²) in [5.74, 6) is -4.53. The molecule has 1 aromatic carbocycles. The molecule has 0 atom stereocenters. The molecule has 188 valence electrons. The van der Waals surface area contributed by atoms with E-state index in [9.17, 15) is 23.2 Å². The molecule has 1 aromatic heterocycles. The lowest BCUT2D eigenvalue weighted by Crippen LogP contribution is -2.34. The quantitative estimate of drug-likeness (QED) is 0.259. The Balaban J connectivity index is 2.41. The van der Waals surface area contributed by atoms with E-state index < -0.39 is 46.5 Å². The summed E-state index contributed by atoms with van der Waals surface area (Å²) in [6.07, 6.45) is 4.92. The Bertz CT molecular complexity index is 1170. The summed E-state index contributed by atoms with van der Waals surface area (Å²) in [7, 11) is 1.04. The molecule has 2 amide bonds. The second-order valence-corrected chi connectivity index (χ2v) is 8.09. The average Bonchev–Trinajstić information content (AvgIpc) is 3.31. The predicted molar refractivity (Wildman–Crippen MR) is 122 cm³/mol. The van der Waals surface area contributed by atoms with Gasteiger partial charge < -0.3 is 31.6 Å². The third-order valence-electron chi connectivity index (χ3n) is 4.25. The van der Waals surface area contributed by atoms with Crippen molar-refractivity contribution >= 4 is 29.5 Å². The molecule has 2 aromatic rings. The minimum atomic E-state index is -1.31. The molecule has 1 heterocycles. The number of hydrogen-bond acceptors (Lipinski definition) is 8. The molecule has 0 saturated heterocycles. The van der Waals surface area contributed by atoms with E-state index in [1.54, 1.807) is 20.8 Å². The molecule has 0 saturated carbocycles. The molecule has 2 rings (SSSR count). The number of carbonyl (C=O) groups is 3. The first kappa shape index (κ1) is 26.8. The number of carbonyl (C=O) groups excluding carboxylic acids is 3. The number of hydrogen-bond donors (Lipinski definition) is 4. The zero-order valence-electron chi connectivity index (χ0n) is 19.5. The number of nitrogens with one attached hydrogen (secondary N) is 2. The Hall–Kier alpha value is -4.42. The molecular formula is C22H26F2N6O5. The number of aromatic nitrogens is 2. The van der Waals surface area contributed by atoms with Crippen LogP contribution in [-0.4, -0.2) is 46.8 Å². The zero-order chi connectivity index (χ0) is 26.3. The van der Waals surface area contributed by atoms with E-state index >= 15 is 0 Å². The largest absolute Gasteiger partial charge is 0.465 e. The number of rotatable bonds is 7. The minimum Gasteiger partial charge on any atom is -0.465 e. The van der Waals surface area contributed by atoms with Gasteiger partial charge in [0.15, 0.2) is 11.6 Å². The lowest BCUT2D eigenvalue weighted by atomic mass is 10.1. The van der Waals surface area contributed by atoms with Crippen molar-refractivity contribution in [3.8, 4) is 0 Å². The third-order valence-corrected chi connectivity index (χ3v) is 4.25. The van der Waals surface area contributed by atoms with E-state index in [1.807, 2.05) is 0 Å². The molecule has 0 aliphatic heterocycles. The average molecular weight is 492 g/mol. The smallest absolute Gasteiger partial charge is 0.407 e. The number of halogens is 2. The number of esters is 1. The SMILES string of the molecule is COC(=O)c1cc(F)c(F)cc1NC(=O)/C(N)=C(/C=C(\N)n1ccnc1)CNC(=O)OC(C)(C)C. The number of alkyl carbamates (subject to hydrolysis) is 1. The van der Waals surface area contributed by atoms with Crippen LogP contribution in [-0.2, 0) is 14.3 Å². The van der Waals surface area contributed by atoms with Crippen LogP contribution in [0.5, 0.6) is 0 Å². The highest BCUT2D eigenvalue weighted by Crippen LogP contribution is 2.22. The van der Waals surface area contributed by atoms with Gasteiger partial charge in [0, 0.05) is 30.6 Å². The molecule has 0 unspecified atom stereocenters. The van der Waals surface area contributed by atoms with Crippen molar-refractivity contribution in [1.82, 2.24) is 14.9 Å². The van der Waals surface area contributed by atoms with Crippen molar-refractivity contribution in [2.45, 2.75) is 26.4 Å². The third kappa shape index (κ3) is 7.55. The Kier molecular flexibility index (Phi) is 8.54. The van der Waals surface area contributed by atoms with Gasteiger partial charge in [0.1, 0.15) is 23.4 Å². The van der Waals surface area contributed by atoms with Crippen LogP contribution < -0.4 is 22.1 Å². The molecular weight excluding hydrogens is 466 g/mol. The molecule has 13 heteroatoms. The summed E-state index contributed by atoms with van der Waals surface area (Å²) in [5, 5.41) is 4.70. The number of nitrogens with zero attached hydrogens (tertiary/aromatic N) is 2. The molecule has 0 radical (unpaired) electrons. The molecule has 0 spiro atoms. The van der Waals surface area contributed by atoms with E-state index in [4.69, 9.17) is 16.2 Å². The van der Waals surface area contributed by atoms with Gasteiger partial charge in [0.25, 0.3) is 5.91 Å². The van der Waals surface area contributed by atoms with Crippen LogP contribution in [0.2, 0.25) is 0 Å². The molecule has 0 aliphatic carbocycles. The number of imidazole rings is 1. The molecule has 6 N–H and O–H groups in total. The second-order valence-electron chi connectivity index (χ2n) is 8.09. The first-order valence-electron chi connectivity index (χ1n) is 10.1. The number of anilines is 1. The van der Waals surface area contributed by atoms with Gasteiger partial charge >= 0.3 is 12.1 Å². The fourth-order valence-electron chi connectivity index (χ4n) is 2.64. The summed E-state index contributed by atoms with van der Waals surface area (Å²) < 4.78 is 38.6. The molecule has 11 nitrogen and oxygen atoms in total. The van der Waals surface area contributed by atoms with Crippen LogP contribution in [0, 0.1) is 11.6 Å². The van der Waals surface area contributed by atoms with Gasteiger partial charge in [-0.3, -0.25) is 9.36 Å². The van der Waals surface area contributed by atoms with Crippen molar-refractivity contribution in [3.05, 3.63) is 65.4 Å². The van der Waals surface area contributed by atoms with Gasteiger partial charge in [-0.05, 0) is 32.9 Å². The van der Waals surface area contributed by atoms with Crippen molar-refractivity contribution in [2.75, 3.05) is 19.0 Å². The minimum absolute atomic E-state index is 0.0433. The van der Waals surface area contributed by atoms with Crippen molar-refractivity contribution in [1.29, 1.82) is 0 Å². The molecule has 0 aliphatic rings. The fourth-order valence-corrected chi connectivity index (χ4v) is 2.64. The van der Waals surface area contributed by atoms with E-state index in [0.717, 1.165) is 7.11 Å². The normalized spacial score (nSPS) is 12.5. The maximum atomic E-state index is 13.8. The van der Waals surface area contributed by atoms with Crippen molar-refractivity contribution < 1.29 is 32.6 Å². The predicted octanol–water partition coefficient (Wildman–Crippen LogP) is 2.08. The van der Waals surface area contributed by atoms with Gasteiger partial charge in [0.2, 0.25) is 0 Å². The Morgan fingerprint density at radius 1 is 1.17 bits per heavy atom. The number of ether oxygens (including phenoxy) is 2. The number of benzene rings is 1.